The molecule has 0 bridgehead atoms. The number of guanidine groups is 1. The zero-order valence-electron chi connectivity index (χ0n) is 14.1. The van der Waals surface area contributed by atoms with E-state index in [4.69, 9.17) is 4.99 Å². The average molecular weight is 436 g/mol. The second-order valence-electron chi connectivity index (χ2n) is 6.20. The molecule has 2 rings (SSSR count). The first-order valence-electron chi connectivity index (χ1n) is 8.07. The molecule has 2 heterocycles. The topological polar surface area (TPSA) is 40.5 Å². The van der Waals surface area contributed by atoms with E-state index < -0.39 is 0 Å². The summed E-state index contributed by atoms with van der Waals surface area (Å²) in [4.78, 5) is 11.9. The number of thiazole rings is 1. The SMILES string of the molecule is CCNC(=NCc1csc(C(C)C)n1)N1CCCC(C)C1.I. The molecule has 1 unspecified atom stereocenters. The number of aliphatic imine (C=N–C) groups is 1. The van der Waals surface area contributed by atoms with Crippen molar-refractivity contribution in [3.63, 3.8) is 0 Å². The molecule has 0 amide bonds. The van der Waals surface area contributed by atoms with Crippen molar-refractivity contribution in [2.75, 3.05) is 19.6 Å². The number of nitrogens with zero attached hydrogens (tertiary/aromatic N) is 3. The summed E-state index contributed by atoms with van der Waals surface area (Å²) in [5.41, 5.74) is 1.09. The molecule has 1 aliphatic rings. The molecule has 6 heteroatoms. The average Bonchev–Trinajstić information content (AvgIpc) is 2.92. The molecule has 0 radical (unpaired) electrons. The summed E-state index contributed by atoms with van der Waals surface area (Å²) < 4.78 is 0. The van der Waals surface area contributed by atoms with Gasteiger partial charge in [0.1, 0.15) is 0 Å². The second-order valence-corrected chi connectivity index (χ2v) is 7.09. The van der Waals surface area contributed by atoms with E-state index in [0.717, 1.165) is 37.2 Å². The van der Waals surface area contributed by atoms with Gasteiger partial charge in [0.2, 0.25) is 0 Å². The van der Waals surface area contributed by atoms with Crippen molar-refractivity contribution in [3.05, 3.63) is 16.1 Å². The quantitative estimate of drug-likeness (QED) is 0.439. The largest absolute Gasteiger partial charge is 0.357 e. The Balaban J connectivity index is 0.00000242. The van der Waals surface area contributed by atoms with E-state index in [9.17, 15) is 0 Å². The standard InChI is InChI=1S/C16H28N4S.HI/c1-5-17-16(20-8-6-7-13(4)10-20)18-9-14-11-21-15(19-14)12(2)3;/h11-13H,5-10H2,1-4H3,(H,17,18);1H. The molecular formula is C16H29IN4S. The molecular weight excluding hydrogens is 407 g/mol. The summed E-state index contributed by atoms with van der Waals surface area (Å²) in [6, 6.07) is 0. The molecule has 1 N–H and O–H groups in total. The van der Waals surface area contributed by atoms with Gasteiger partial charge in [-0.3, -0.25) is 0 Å². The molecule has 1 aromatic heterocycles. The molecule has 4 nitrogen and oxygen atoms in total. The number of rotatable bonds is 4. The molecule has 0 aliphatic carbocycles. The number of hydrogen-bond acceptors (Lipinski definition) is 3. The Morgan fingerprint density at radius 3 is 2.91 bits per heavy atom. The highest BCUT2D eigenvalue weighted by Gasteiger charge is 2.19. The maximum Gasteiger partial charge on any atom is 0.194 e. The Hall–Kier alpha value is -0.370. The zero-order valence-corrected chi connectivity index (χ0v) is 17.3. The Labute approximate surface area is 155 Å². The maximum atomic E-state index is 4.79. The molecule has 126 valence electrons. The van der Waals surface area contributed by atoms with Crippen molar-refractivity contribution in [2.24, 2.45) is 10.9 Å². The summed E-state index contributed by atoms with van der Waals surface area (Å²) in [5.74, 6) is 2.31. The van der Waals surface area contributed by atoms with Gasteiger partial charge in [0.15, 0.2) is 5.96 Å². The Morgan fingerprint density at radius 2 is 2.32 bits per heavy atom. The fourth-order valence-corrected chi connectivity index (χ4v) is 3.45. The van der Waals surface area contributed by atoms with Crippen LogP contribution in [0.25, 0.3) is 0 Å². The number of piperidine rings is 1. The minimum Gasteiger partial charge on any atom is -0.357 e. The molecule has 0 spiro atoms. The second kappa shape index (κ2) is 9.70. The molecule has 22 heavy (non-hydrogen) atoms. The van der Waals surface area contributed by atoms with Crippen molar-refractivity contribution in [2.45, 2.75) is 53.0 Å². The van der Waals surface area contributed by atoms with Crippen LogP contribution in [0.1, 0.15) is 57.2 Å². The zero-order chi connectivity index (χ0) is 15.2. The van der Waals surface area contributed by atoms with Crippen LogP contribution in [-0.2, 0) is 6.54 Å². The molecule has 0 aromatic carbocycles. The normalized spacial score (nSPS) is 19.2. The van der Waals surface area contributed by atoms with Gasteiger partial charge in [-0.2, -0.15) is 0 Å². The van der Waals surface area contributed by atoms with Gasteiger partial charge in [-0.05, 0) is 25.7 Å². The predicted molar refractivity (Wildman–Crippen MR) is 106 cm³/mol. The van der Waals surface area contributed by atoms with E-state index in [1.54, 1.807) is 11.3 Å². The lowest BCUT2D eigenvalue weighted by Crippen LogP contribution is -2.46. The highest BCUT2D eigenvalue weighted by molar-refractivity contribution is 14.0. The first-order chi connectivity index (χ1) is 10.1. The first-order valence-corrected chi connectivity index (χ1v) is 8.95. The number of likely N-dealkylation sites (tertiary alicyclic amines) is 1. The van der Waals surface area contributed by atoms with Crippen LogP contribution in [0.15, 0.2) is 10.4 Å². The number of halogens is 1. The Bertz CT molecular complexity index is 472. The van der Waals surface area contributed by atoms with E-state index in [2.05, 4.69) is 48.3 Å². The lowest BCUT2D eigenvalue weighted by molar-refractivity contribution is 0.266. The molecule has 1 fully saturated rings. The van der Waals surface area contributed by atoms with Crippen LogP contribution in [-0.4, -0.2) is 35.5 Å². The summed E-state index contributed by atoms with van der Waals surface area (Å²) in [6.45, 7) is 12.6. The van der Waals surface area contributed by atoms with Crippen LogP contribution in [0.2, 0.25) is 0 Å². The van der Waals surface area contributed by atoms with Crippen LogP contribution >= 0.6 is 35.3 Å². The molecule has 1 aromatic rings. The monoisotopic (exact) mass is 436 g/mol. The minimum absolute atomic E-state index is 0. The molecule has 0 saturated carbocycles. The van der Waals surface area contributed by atoms with E-state index >= 15 is 0 Å². The fourth-order valence-electron chi connectivity index (χ4n) is 2.62. The summed E-state index contributed by atoms with van der Waals surface area (Å²) in [6.07, 6.45) is 2.60. The third-order valence-corrected chi connectivity index (χ3v) is 4.94. The van der Waals surface area contributed by atoms with Crippen molar-refractivity contribution in [1.29, 1.82) is 0 Å². The van der Waals surface area contributed by atoms with Crippen LogP contribution in [0, 0.1) is 5.92 Å². The van der Waals surface area contributed by atoms with Gasteiger partial charge in [-0.1, -0.05) is 20.8 Å². The number of aromatic nitrogens is 1. The molecule has 1 aliphatic heterocycles. The Morgan fingerprint density at radius 1 is 1.55 bits per heavy atom. The maximum absolute atomic E-state index is 4.79. The number of nitrogens with one attached hydrogen (secondary N) is 1. The lowest BCUT2D eigenvalue weighted by atomic mass is 10.0. The van der Waals surface area contributed by atoms with E-state index in [1.807, 2.05) is 0 Å². The first kappa shape index (κ1) is 19.7. The van der Waals surface area contributed by atoms with E-state index in [-0.39, 0.29) is 24.0 Å². The van der Waals surface area contributed by atoms with Crippen molar-refractivity contribution < 1.29 is 0 Å². The third kappa shape index (κ3) is 5.68. The molecule has 1 saturated heterocycles. The van der Waals surface area contributed by atoms with E-state index in [1.165, 1.54) is 17.8 Å². The summed E-state index contributed by atoms with van der Waals surface area (Å²) >= 11 is 1.74. The third-order valence-electron chi connectivity index (χ3n) is 3.75. The lowest BCUT2D eigenvalue weighted by Gasteiger charge is -2.33. The highest BCUT2D eigenvalue weighted by Crippen LogP contribution is 2.20. The van der Waals surface area contributed by atoms with Crippen LogP contribution in [0.3, 0.4) is 0 Å². The van der Waals surface area contributed by atoms with Crippen molar-refractivity contribution in [1.82, 2.24) is 15.2 Å². The number of hydrogen-bond donors (Lipinski definition) is 1. The van der Waals surface area contributed by atoms with Gasteiger partial charge in [-0.25, -0.2) is 9.98 Å². The highest BCUT2D eigenvalue weighted by atomic mass is 127. The van der Waals surface area contributed by atoms with Gasteiger partial charge in [0.25, 0.3) is 0 Å². The summed E-state index contributed by atoms with van der Waals surface area (Å²) in [5, 5.41) is 6.77. The van der Waals surface area contributed by atoms with Crippen LogP contribution < -0.4 is 5.32 Å². The van der Waals surface area contributed by atoms with Gasteiger partial charge in [0.05, 0.1) is 17.2 Å². The van der Waals surface area contributed by atoms with Gasteiger partial charge >= 0.3 is 0 Å². The smallest absolute Gasteiger partial charge is 0.194 e. The fraction of sp³-hybridized carbons (Fsp3) is 0.750. The van der Waals surface area contributed by atoms with Crippen LogP contribution in [0.5, 0.6) is 0 Å². The van der Waals surface area contributed by atoms with Gasteiger partial charge in [-0.15, -0.1) is 35.3 Å². The van der Waals surface area contributed by atoms with Gasteiger partial charge < -0.3 is 10.2 Å². The van der Waals surface area contributed by atoms with Crippen LogP contribution in [0.4, 0.5) is 0 Å². The molecule has 1 atom stereocenters. The Kier molecular flexibility index (Phi) is 8.67. The van der Waals surface area contributed by atoms with E-state index in [0.29, 0.717) is 12.5 Å². The van der Waals surface area contributed by atoms with Crippen molar-refractivity contribution in [3.8, 4) is 0 Å². The summed E-state index contributed by atoms with van der Waals surface area (Å²) in [7, 11) is 0. The van der Waals surface area contributed by atoms with Gasteiger partial charge in [0, 0.05) is 30.9 Å². The van der Waals surface area contributed by atoms with Crippen molar-refractivity contribution >= 4 is 41.3 Å². The predicted octanol–water partition coefficient (Wildman–Crippen LogP) is 4.08. The minimum atomic E-state index is 0.